The second kappa shape index (κ2) is 5.50. The van der Waals surface area contributed by atoms with Crippen LogP contribution in [0.2, 0.25) is 0 Å². The van der Waals surface area contributed by atoms with Gasteiger partial charge in [-0.2, -0.15) is 0 Å². The number of anilines is 1. The van der Waals surface area contributed by atoms with E-state index in [1.54, 1.807) is 12.1 Å². The lowest BCUT2D eigenvalue weighted by molar-refractivity contribution is -0.384. The number of carboxylic acids is 1. The summed E-state index contributed by atoms with van der Waals surface area (Å²) in [5, 5.41) is 21.6. The van der Waals surface area contributed by atoms with Gasteiger partial charge in [0.15, 0.2) is 0 Å². The predicted molar refractivity (Wildman–Crippen MR) is 58.4 cm³/mol. The topological polar surface area (TPSA) is 92.5 Å². The molecule has 6 heteroatoms. The minimum atomic E-state index is -1.01. The Labute approximate surface area is 91.4 Å². The first-order chi connectivity index (χ1) is 7.59. The van der Waals surface area contributed by atoms with Crippen LogP contribution in [0.15, 0.2) is 36.4 Å². The van der Waals surface area contributed by atoms with Crippen LogP contribution in [0, 0.1) is 10.1 Å². The normalized spacial score (nSPS) is 10.2. The summed E-state index contributed by atoms with van der Waals surface area (Å²) in [6, 6.07) is 5.88. The van der Waals surface area contributed by atoms with Gasteiger partial charge in [-0.1, -0.05) is 6.08 Å². The van der Waals surface area contributed by atoms with Crippen molar-refractivity contribution < 1.29 is 14.8 Å². The summed E-state index contributed by atoms with van der Waals surface area (Å²) in [5.41, 5.74) is 0.715. The standard InChI is InChI=1S/C10H10N2O4/c13-10(14)2-1-7-11-8-3-5-9(6-4-8)12(15)16/h1-6,11H,7H2,(H,13,14). The summed E-state index contributed by atoms with van der Waals surface area (Å²) >= 11 is 0. The van der Waals surface area contributed by atoms with Crippen LogP contribution >= 0.6 is 0 Å². The van der Waals surface area contributed by atoms with Crippen molar-refractivity contribution in [2.75, 3.05) is 11.9 Å². The van der Waals surface area contributed by atoms with Crippen molar-refractivity contribution in [2.45, 2.75) is 0 Å². The van der Waals surface area contributed by atoms with Gasteiger partial charge in [0.25, 0.3) is 5.69 Å². The number of benzene rings is 1. The lowest BCUT2D eigenvalue weighted by Gasteiger charge is -2.01. The maximum Gasteiger partial charge on any atom is 0.328 e. The molecule has 0 aliphatic heterocycles. The van der Waals surface area contributed by atoms with Gasteiger partial charge in [-0.15, -0.1) is 0 Å². The average Bonchev–Trinajstić information content (AvgIpc) is 2.25. The molecule has 0 heterocycles. The molecule has 16 heavy (non-hydrogen) atoms. The fourth-order valence-corrected chi connectivity index (χ4v) is 1.04. The lowest BCUT2D eigenvalue weighted by Crippen LogP contribution is -1.99. The van der Waals surface area contributed by atoms with Crippen molar-refractivity contribution in [1.82, 2.24) is 0 Å². The van der Waals surface area contributed by atoms with Crippen LogP contribution in [0.5, 0.6) is 0 Å². The summed E-state index contributed by atoms with van der Waals surface area (Å²) < 4.78 is 0. The van der Waals surface area contributed by atoms with Crippen molar-refractivity contribution in [3.05, 3.63) is 46.5 Å². The molecule has 0 radical (unpaired) electrons. The molecule has 84 valence electrons. The van der Waals surface area contributed by atoms with Crippen molar-refractivity contribution in [3.8, 4) is 0 Å². The molecule has 1 aromatic rings. The zero-order valence-corrected chi connectivity index (χ0v) is 8.29. The number of aliphatic carboxylic acids is 1. The van der Waals surface area contributed by atoms with Crippen LogP contribution in [-0.2, 0) is 4.79 Å². The average molecular weight is 222 g/mol. The molecule has 0 bridgehead atoms. The fraction of sp³-hybridized carbons (Fsp3) is 0.100. The molecular formula is C10H10N2O4. The Balaban J connectivity index is 2.49. The van der Waals surface area contributed by atoms with E-state index in [-0.39, 0.29) is 5.69 Å². The van der Waals surface area contributed by atoms with Gasteiger partial charge in [0.1, 0.15) is 0 Å². The van der Waals surface area contributed by atoms with Gasteiger partial charge in [-0.05, 0) is 12.1 Å². The van der Waals surface area contributed by atoms with E-state index in [9.17, 15) is 14.9 Å². The van der Waals surface area contributed by atoms with Gasteiger partial charge in [0.2, 0.25) is 0 Å². The van der Waals surface area contributed by atoms with Crippen molar-refractivity contribution in [1.29, 1.82) is 0 Å². The number of carboxylic acid groups (broad SMARTS) is 1. The Morgan fingerprint density at radius 1 is 1.44 bits per heavy atom. The molecule has 0 unspecified atom stereocenters. The number of nitro benzene ring substituents is 1. The molecule has 0 atom stereocenters. The van der Waals surface area contributed by atoms with Crippen LogP contribution < -0.4 is 5.32 Å². The lowest BCUT2D eigenvalue weighted by atomic mass is 10.3. The second-order valence-electron chi connectivity index (χ2n) is 2.93. The van der Waals surface area contributed by atoms with Crippen molar-refractivity contribution in [2.24, 2.45) is 0 Å². The van der Waals surface area contributed by atoms with Gasteiger partial charge < -0.3 is 10.4 Å². The Kier molecular flexibility index (Phi) is 4.02. The minimum Gasteiger partial charge on any atom is -0.478 e. The smallest absolute Gasteiger partial charge is 0.328 e. The first-order valence-electron chi connectivity index (χ1n) is 4.47. The van der Waals surface area contributed by atoms with Crippen LogP contribution in [0.3, 0.4) is 0 Å². The van der Waals surface area contributed by atoms with Crippen molar-refractivity contribution in [3.63, 3.8) is 0 Å². The van der Waals surface area contributed by atoms with Crippen LogP contribution in [0.4, 0.5) is 11.4 Å². The molecular weight excluding hydrogens is 212 g/mol. The Morgan fingerprint density at radius 3 is 2.56 bits per heavy atom. The third kappa shape index (κ3) is 3.79. The van der Waals surface area contributed by atoms with E-state index in [1.165, 1.54) is 18.2 Å². The summed E-state index contributed by atoms with van der Waals surface area (Å²) in [7, 11) is 0. The van der Waals surface area contributed by atoms with E-state index in [0.717, 1.165) is 6.08 Å². The third-order valence-electron chi connectivity index (χ3n) is 1.76. The SMILES string of the molecule is O=C(O)C=CCNc1ccc([N+](=O)[O-])cc1. The maximum atomic E-state index is 10.4. The molecule has 0 spiro atoms. The summed E-state index contributed by atoms with van der Waals surface area (Å²) in [5.74, 6) is -1.01. The van der Waals surface area contributed by atoms with E-state index in [2.05, 4.69) is 5.32 Å². The quantitative estimate of drug-likeness (QED) is 0.449. The Bertz CT molecular complexity index is 411. The molecule has 0 amide bonds. The predicted octanol–water partition coefficient (Wildman–Crippen LogP) is 1.65. The molecule has 6 nitrogen and oxygen atoms in total. The maximum absolute atomic E-state index is 10.4. The number of hydrogen-bond acceptors (Lipinski definition) is 4. The molecule has 1 aromatic carbocycles. The molecule has 0 saturated carbocycles. The van der Waals surface area contributed by atoms with E-state index >= 15 is 0 Å². The number of carbonyl (C=O) groups is 1. The zero-order chi connectivity index (χ0) is 12.0. The number of nitro groups is 1. The second-order valence-corrected chi connectivity index (χ2v) is 2.93. The summed E-state index contributed by atoms with van der Waals surface area (Å²) in [4.78, 5) is 20.0. The van der Waals surface area contributed by atoms with E-state index < -0.39 is 10.9 Å². The highest BCUT2D eigenvalue weighted by Gasteiger charge is 2.02. The third-order valence-corrected chi connectivity index (χ3v) is 1.76. The monoisotopic (exact) mass is 222 g/mol. The highest BCUT2D eigenvalue weighted by Crippen LogP contribution is 2.14. The zero-order valence-electron chi connectivity index (χ0n) is 8.29. The van der Waals surface area contributed by atoms with E-state index in [4.69, 9.17) is 5.11 Å². The Morgan fingerprint density at radius 2 is 2.06 bits per heavy atom. The van der Waals surface area contributed by atoms with Gasteiger partial charge in [0, 0.05) is 30.4 Å². The first-order valence-corrected chi connectivity index (χ1v) is 4.47. The number of hydrogen-bond donors (Lipinski definition) is 2. The largest absolute Gasteiger partial charge is 0.478 e. The summed E-state index contributed by atoms with van der Waals surface area (Å²) in [6.07, 6.45) is 2.47. The number of rotatable bonds is 5. The Hall–Kier alpha value is -2.37. The van der Waals surface area contributed by atoms with Gasteiger partial charge in [0.05, 0.1) is 4.92 Å². The van der Waals surface area contributed by atoms with Crippen LogP contribution in [-0.4, -0.2) is 22.5 Å². The highest BCUT2D eigenvalue weighted by atomic mass is 16.6. The number of nitrogens with one attached hydrogen (secondary N) is 1. The van der Waals surface area contributed by atoms with Crippen LogP contribution in [0.25, 0.3) is 0 Å². The van der Waals surface area contributed by atoms with E-state index in [1.807, 2.05) is 0 Å². The molecule has 0 saturated heterocycles. The van der Waals surface area contributed by atoms with Crippen LogP contribution in [0.1, 0.15) is 0 Å². The highest BCUT2D eigenvalue weighted by molar-refractivity contribution is 5.79. The number of nitrogens with zero attached hydrogens (tertiary/aromatic N) is 1. The first kappa shape index (κ1) is 11.7. The summed E-state index contributed by atoms with van der Waals surface area (Å²) in [6.45, 7) is 0.351. The molecule has 0 aromatic heterocycles. The van der Waals surface area contributed by atoms with Gasteiger partial charge in [-0.25, -0.2) is 4.79 Å². The molecule has 0 aliphatic carbocycles. The van der Waals surface area contributed by atoms with Crippen molar-refractivity contribution >= 4 is 17.3 Å². The number of non-ortho nitro benzene ring substituents is 1. The van der Waals surface area contributed by atoms with E-state index in [0.29, 0.717) is 12.2 Å². The molecule has 2 N–H and O–H groups in total. The molecule has 1 rings (SSSR count). The minimum absolute atomic E-state index is 0.0200. The molecule has 0 fully saturated rings. The van der Waals surface area contributed by atoms with Gasteiger partial charge >= 0.3 is 5.97 Å². The van der Waals surface area contributed by atoms with Gasteiger partial charge in [-0.3, -0.25) is 10.1 Å². The fourth-order valence-electron chi connectivity index (χ4n) is 1.04. The molecule has 0 aliphatic rings.